The van der Waals surface area contributed by atoms with Crippen LogP contribution in [-0.2, 0) is 10.0 Å². The van der Waals surface area contributed by atoms with Gasteiger partial charge in [-0.15, -0.1) is 0 Å². The second kappa shape index (κ2) is 6.56. The van der Waals surface area contributed by atoms with Crippen molar-refractivity contribution in [3.05, 3.63) is 29.8 Å². The lowest BCUT2D eigenvalue weighted by Gasteiger charge is -2.37. The second-order valence-electron chi connectivity index (χ2n) is 5.28. The van der Waals surface area contributed by atoms with E-state index in [-0.39, 0.29) is 5.75 Å². The quantitative estimate of drug-likeness (QED) is 0.741. The van der Waals surface area contributed by atoms with Crippen LogP contribution in [0, 0.1) is 0 Å². The zero-order valence-corrected chi connectivity index (χ0v) is 12.5. The highest BCUT2D eigenvalue weighted by molar-refractivity contribution is 7.89. The van der Waals surface area contributed by atoms with E-state index in [1.165, 1.54) is 5.56 Å². The molecular formula is C14H22N2O3S. The lowest BCUT2D eigenvalue weighted by molar-refractivity contribution is 0.284. The summed E-state index contributed by atoms with van der Waals surface area (Å²) in [6.45, 7) is 0.694. The van der Waals surface area contributed by atoms with Gasteiger partial charge >= 0.3 is 0 Å². The van der Waals surface area contributed by atoms with Gasteiger partial charge in [0.25, 0.3) is 0 Å². The maximum Gasteiger partial charge on any atom is 0.209 e. The summed E-state index contributed by atoms with van der Waals surface area (Å²) >= 11 is 0. The number of nitrogens with two attached hydrogens (primary N) is 1. The molecule has 1 aromatic carbocycles. The normalized spacial score (nSPS) is 22.3. The molecule has 1 aliphatic carbocycles. The lowest BCUT2D eigenvalue weighted by atomic mass is 9.75. The molecule has 0 bridgehead atoms. The van der Waals surface area contributed by atoms with Gasteiger partial charge in [0.2, 0.25) is 10.0 Å². The van der Waals surface area contributed by atoms with E-state index in [1.54, 1.807) is 7.11 Å². The van der Waals surface area contributed by atoms with E-state index in [0.717, 1.165) is 18.6 Å². The Morgan fingerprint density at radius 3 is 2.70 bits per heavy atom. The van der Waals surface area contributed by atoms with Gasteiger partial charge in [-0.2, -0.15) is 0 Å². The van der Waals surface area contributed by atoms with Crippen molar-refractivity contribution in [1.29, 1.82) is 0 Å². The average molecular weight is 298 g/mol. The summed E-state index contributed by atoms with van der Waals surface area (Å²) in [5.41, 5.74) is 1.26. The van der Waals surface area contributed by atoms with Crippen LogP contribution >= 0.6 is 0 Å². The van der Waals surface area contributed by atoms with E-state index in [2.05, 4.69) is 11.4 Å². The number of primary sulfonamides is 1. The maximum atomic E-state index is 10.8. The van der Waals surface area contributed by atoms with Crippen molar-refractivity contribution >= 4 is 10.0 Å². The number of hydrogen-bond donors (Lipinski definition) is 2. The summed E-state index contributed by atoms with van der Waals surface area (Å²) in [5.74, 6) is 1.52. The molecule has 0 atom stereocenters. The molecule has 3 N–H and O–H groups in total. The number of sulfonamides is 1. The molecule has 0 aliphatic heterocycles. The average Bonchev–Trinajstić information content (AvgIpc) is 2.35. The number of rotatable bonds is 7. The van der Waals surface area contributed by atoms with E-state index in [1.807, 2.05) is 18.2 Å². The number of benzene rings is 1. The second-order valence-corrected chi connectivity index (χ2v) is 7.02. The first-order valence-corrected chi connectivity index (χ1v) is 8.58. The third-order valence-electron chi connectivity index (χ3n) is 3.76. The van der Waals surface area contributed by atoms with Gasteiger partial charge < -0.3 is 10.1 Å². The lowest BCUT2D eigenvalue weighted by Crippen LogP contribution is -2.41. The summed E-state index contributed by atoms with van der Waals surface area (Å²) in [4.78, 5) is 0. The van der Waals surface area contributed by atoms with Gasteiger partial charge in [-0.05, 0) is 43.4 Å². The minimum atomic E-state index is -3.33. The molecule has 1 saturated carbocycles. The van der Waals surface area contributed by atoms with Crippen LogP contribution in [0.2, 0.25) is 0 Å². The fourth-order valence-electron chi connectivity index (χ4n) is 2.62. The maximum absolute atomic E-state index is 10.8. The molecule has 1 aromatic rings. The van der Waals surface area contributed by atoms with Crippen molar-refractivity contribution in [1.82, 2.24) is 5.32 Å². The van der Waals surface area contributed by atoms with E-state index < -0.39 is 10.0 Å². The predicted molar refractivity (Wildman–Crippen MR) is 79.4 cm³/mol. The van der Waals surface area contributed by atoms with Crippen LogP contribution in [0.4, 0.5) is 0 Å². The van der Waals surface area contributed by atoms with Gasteiger partial charge in [0, 0.05) is 6.04 Å². The van der Waals surface area contributed by atoms with Gasteiger partial charge in [0.1, 0.15) is 5.75 Å². The standard InChI is InChI=1S/C14H22N2O3S/c1-19-14-6-3-2-5-13(14)11-9-12(10-11)16-7-4-8-20(15,17)18/h2-3,5-6,11-12,16H,4,7-10H2,1H3,(H2,15,17,18). The summed E-state index contributed by atoms with van der Waals surface area (Å²) in [7, 11) is -1.64. The molecule has 0 aromatic heterocycles. The summed E-state index contributed by atoms with van der Waals surface area (Å²) < 4.78 is 27.0. The molecule has 1 aliphatic rings. The third kappa shape index (κ3) is 4.19. The van der Waals surface area contributed by atoms with Gasteiger partial charge in [0.15, 0.2) is 0 Å². The van der Waals surface area contributed by atoms with Crippen molar-refractivity contribution in [2.75, 3.05) is 19.4 Å². The van der Waals surface area contributed by atoms with Crippen LogP contribution in [0.25, 0.3) is 0 Å². The van der Waals surface area contributed by atoms with Crippen molar-refractivity contribution in [3.63, 3.8) is 0 Å². The zero-order valence-electron chi connectivity index (χ0n) is 11.7. The SMILES string of the molecule is COc1ccccc1C1CC(NCCCS(N)(=O)=O)C1. The largest absolute Gasteiger partial charge is 0.496 e. The summed E-state index contributed by atoms with van der Waals surface area (Å²) in [6, 6.07) is 8.57. The molecule has 1 fully saturated rings. The Bertz CT molecular complexity index is 539. The first-order chi connectivity index (χ1) is 9.49. The molecule has 112 valence electrons. The van der Waals surface area contributed by atoms with Crippen molar-refractivity contribution in [2.24, 2.45) is 5.14 Å². The van der Waals surface area contributed by atoms with E-state index in [0.29, 0.717) is 24.9 Å². The Labute approximate surface area is 120 Å². The van der Waals surface area contributed by atoms with Crippen LogP contribution in [0.1, 0.15) is 30.7 Å². The Kier molecular flexibility index (Phi) is 5.01. The number of hydrogen-bond acceptors (Lipinski definition) is 4. The number of nitrogens with one attached hydrogen (secondary N) is 1. The third-order valence-corrected chi connectivity index (χ3v) is 4.61. The van der Waals surface area contributed by atoms with Crippen molar-refractivity contribution in [2.45, 2.75) is 31.2 Å². The van der Waals surface area contributed by atoms with Crippen LogP contribution in [0.3, 0.4) is 0 Å². The van der Waals surface area contributed by atoms with Gasteiger partial charge in [-0.25, -0.2) is 13.6 Å². The minimum Gasteiger partial charge on any atom is -0.496 e. The van der Waals surface area contributed by atoms with Gasteiger partial charge in [-0.3, -0.25) is 0 Å². The molecule has 0 spiro atoms. The minimum absolute atomic E-state index is 0.0443. The van der Waals surface area contributed by atoms with E-state index in [4.69, 9.17) is 9.88 Å². The van der Waals surface area contributed by atoms with Gasteiger partial charge in [0.05, 0.1) is 12.9 Å². The predicted octanol–water partition coefficient (Wildman–Crippen LogP) is 1.21. The highest BCUT2D eigenvalue weighted by atomic mass is 32.2. The monoisotopic (exact) mass is 298 g/mol. The highest BCUT2D eigenvalue weighted by Crippen LogP contribution is 2.40. The Hall–Kier alpha value is -1.11. The van der Waals surface area contributed by atoms with Crippen LogP contribution in [0.5, 0.6) is 5.75 Å². The van der Waals surface area contributed by atoms with Crippen LogP contribution in [0.15, 0.2) is 24.3 Å². The molecule has 0 heterocycles. The first kappa shape index (κ1) is 15.3. The number of para-hydroxylation sites is 1. The smallest absolute Gasteiger partial charge is 0.209 e. The van der Waals surface area contributed by atoms with E-state index >= 15 is 0 Å². The van der Waals surface area contributed by atoms with Crippen molar-refractivity contribution < 1.29 is 13.2 Å². The fourth-order valence-corrected chi connectivity index (χ4v) is 3.17. The van der Waals surface area contributed by atoms with Gasteiger partial charge in [-0.1, -0.05) is 18.2 Å². The molecule has 6 heteroatoms. The fraction of sp³-hybridized carbons (Fsp3) is 0.571. The molecule has 0 radical (unpaired) electrons. The number of ether oxygens (including phenoxy) is 1. The molecule has 5 nitrogen and oxygen atoms in total. The molecule has 20 heavy (non-hydrogen) atoms. The summed E-state index contributed by atoms with van der Waals surface area (Å²) in [6.07, 6.45) is 2.69. The molecule has 0 amide bonds. The molecule has 0 unspecified atom stereocenters. The Morgan fingerprint density at radius 2 is 2.05 bits per heavy atom. The topological polar surface area (TPSA) is 81.4 Å². The highest BCUT2D eigenvalue weighted by Gasteiger charge is 2.31. The molecule has 0 saturated heterocycles. The number of methoxy groups -OCH3 is 1. The Morgan fingerprint density at radius 1 is 1.35 bits per heavy atom. The zero-order chi connectivity index (χ0) is 14.6. The van der Waals surface area contributed by atoms with Crippen LogP contribution in [-0.4, -0.2) is 33.9 Å². The molecular weight excluding hydrogens is 276 g/mol. The Balaban J connectivity index is 1.72. The first-order valence-electron chi connectivity index (χ1n) is 6.86. The van der Waals surface area contributed by atoms with Crippen LogP contribution < -0.4 is 15.2 Å². The summed E-state index contributed by atoms with van der Waals surface area (Å²) in [5, 5.41) is 8.33. The van der Waals surface area contributed by atoms with Crippen molar-refractivity contribution in [3.8, 4) is 5.75 Å². The van der Waals surface area contributed by atoms with E-state index in [9.17, 15) is 8.42 Å². The molecule has 2 rings (SSSR count).